The largest absolute Gasteiger partial charge is 0.301 e. The number of halogens is 1. The number of H-pyrrole nitrogens is 1. The van der Waals surface area contributed by atoms with E-state index in [9.17, 15) is 4.79 Å². The summed E-state index contributed by atoms with van der Waals surface area (Å²) in [6.07, 6.45) is 0.801. The molecule has 0 bridgehead atoms. The Morgan fingerprint density at radius 2 is 2.38 bits per heavy atom. The van der Waals surface area contributed by atoms with E-state index in [1.54, 1.807) is 0 Å². The quantitative estimate of drug-likeness (QED) is 0.616. The molecule has 0 aromatic carbocycles. The van der Waals surface area contributed by atoms with Crippen molar-refractivity contribution in [1.29, 1.82) is 0 Å². The highest BCUT2D eigenvalue weighted by Gasteiger charge is 2.17. The van der Waals surface area contributed by atoms with E-state index in [-0.39, 0.29) is 10.8 Å². The first kappa shape index (κ1) is 8.72. The number of aromatic amines is 1. The lowest BCUT2D eigenvalue weighted by Gasteiger charge is -2.22. The summed E-state index contributed by atoms with van der Waals surface area (Å²) in [7, 11) is 1.98. The fourth-order valence-corrected chi connectivity index (χ4v) is 1.72. The first-order valence-corrected chi connectivity index (χ1v) is 4.51. The van der Waals surface area contributed by atoms with Crippen molar-refractivity contribution in [2.24, 2.45) is 0 Å². The number of rotatable bonds is 0. The van der Waals surface area contributed by atoms with Crippen LogP contribution in [0, 0.1) is 0 Å². The Balaban J connectivity index is 2.53. The number of likely N-dealkylation sites (N-methyl/N-ethyl adjacent to an activating group) is 1. The third kappa shape index (κ3) is 1.59. The molecular formula is C8H10ClN3O. The zero-order valence-electron chi connectivity index (χ0n) is 7.30. The van der Waals surface area contributed by atoms with Crippen LogP contribution in [0.15, 0.2) is 4.79 Å². The molecule has 1 aromatic rings. The molecule has 0 aliphatic carbocycles. The molecule has 2 rings (SSSR count). The molecule has 0 saturated carbocycles. The Labute approximate surface area is 80.5 Å². The van der Waals surface area contributed by atoms with Crippen LogP contribution < -0.4 is 5.56 Å². The van der Waals surface area contributed by atoms with Gasteiger partial charge >= 0.3 is 0 Å². The van der Waals surface area contributed by atoms with Crippen LogP contribution in [-0.2, 0) is 13.0 Å². The first-order valence-electron chi connectivity index (χ1n) is 4.13. The number of nitrogens with zero attached hydrogens (tertiary/aromatic N) is 2. The summed E-state index contributed by atoms with van der Waals surface area (Å²) in [6, 6.07) is 0. The fourth-order valence-electron chi connectivity index (χ4n) is 1.53. The van der Waals surface area contributed by atoms with Gasteiger partial charge < -0.3 is 4.90 Å². The number of nitrogens with one attached hydrogen (secondary N) is 1. The van der Waals surface area contributed by atoms with Crippen LogP contribution in [0.2, 0.25) is 5.28 Å². The minimum atomic E-state index is -0.110. The van der Waals surface area contributed by atoms with Gasteiger partial charge in [0.1, 0.15) is 0 Å². The Kier molecular flexibility index (Phi) is 2.09. The van der Waals surface area contributed by atoms with E-state index in [4.69, 9.17) is 11.6 Å². The molecule has 5 heteroatoms. The fraction of sp³-hybridized carbons (Fsp3) is 0.500. The topological polar surface area (TPSA) is 49.0 Å². The van der Waals surface area contributed by atoms with Gasteiger partial charge in [0.25, 0.3) is 5.56 Å². The summed E-state index contributed by atoms with van der Waals surface area (Å²) >= 11 is 5.64. The molecule has 0 spiro atoms. The summed E-state index contributed by atoms with van der Waals surface area (Å²) in [5, 5.41) is 0.188. The van der Waals surface area contributed by atoms with Crippen LogP contribution >= 0.6 is 11.6 Å². The number of hydrogen-bond acceptors (Lipinski definition) is 3. The standard InChI is InChI=1S/C8H10ClN3O/c1-12-3-2-6-5(4-12)7(13)11-8(9)10-6/h2-4H2,1H3,(H,10,11,13). The van der Waals surface area contributed by atoms with Gasteiger partial charge in [0.05, 0.1) is 11.3 Å². The van der Waals surface area contributed by atoms with Gasteiger partial charge in [-0.15, -0.1) is 0 Å². The highest BCUT2D eigenvalue weighted by atomic mass is 35.5. The maximum absolute atomic E-state index is 11.4. The van der Waals surface area contributed by atoms with Crippen molar-refractivity contribution in [3.05, 3.63) is 26.9 Å². The molecule has 1 aromatic heterocycles. The van der Waals surface area contributed by atoms with Crippen molar-refractivity contribution < 1.29 is 0 Å². The second-order valence-corrected chi connectivity index (χ2v) is 3.63. The van der Waals surface area contributed by atoms with Crippen LogP contribution in [0.4, 0.5) is 0 Å². The SMILES string of the molecule is CN1CCc2nc(Cl)[nH]c(=O)c2C1. The summed E-state index contributed by atoms with van der Waals surface area (Å²) in [5.41, 5.74) is 1.48. The molecule has 0 saturated heterocycles. The Morgan fingerprint density at radius 3 is 3.15 bits per heavy atom. The average molecular weight is 200 g/mol. The molecule has 2 heterocycles. The van der Waals surface area contributed by atoms with Crippen LogP contribution in [0.1, 0.15) is 11.3 Å². The lowest BCUT2D eigenvalue weighted by atomic mass is 10.1. The molecule has 1 N–H and O–H groups in total. The lowest BCUT2D eigenvalue weighted by molar-refractivity contribution is 0.307. The van der Waals surface area contributed by atoms with E-state index in [2.05, 4.69) is 14.9 Å². The highest BCUT2D eigenvalue weighted by Crippen LogP contribution is 2.12. The van der Waals surface area contributed by atoms with E-state index >= 15 is 0 Å². The van der Waals surface area contributed by atoms with Crippen LogP contribution in [0.25, 0.3) is 0 Å². The third-order valence-electron chi connectivity index (χ3n) is 2.23. The number of hydrogen-bond donors (Lipinski definition) is 1. The monoisotopic (exact) mass is 199 g/mol. The molecule has 0 amide bonds. The molecule has 1 aliphatic rings. The minimum Gasteiger partial charge on any atom is -0.301 e. The Hall–Kier alpha value is -0.870. The van der Waals surface area contributed by atoms with Crippen LogP contribution in [0.5, 0.6) is 0 Å². The zero-order chi connectivity index (χ0) is 9.42. The van der Waals surface area contributed by atoms with E-state index in [1.807, 2.05) is 7.05 Å². The van der Waals surface area contributed by atoms with Crippen LogP contribution in [-0.4, -0.2) is 28.5 Å². The van der Waals surface area contributed by atoms with E-state index in [0.29, 0.717) is 6.54 Å². The van der Waals surface area contributed by atoms with Crippen molar-refractivity contribution in [3.8, 4) is 0 Å². The normalized spacial score (nSPS) is 17.1. The predicted octanol–water partition coefficient (Wildman–Crippen LogP) is 0.411. The summed E-state index contributed by atoms with van der Waals surface area (Å²) < 4.78 is 0. The lowest BCUT2D eigenvalue weighted by Crippen LogP contribution is -2.32. The number of aromatic nitrogens is 2. The predicted molar refractivity (Wildman–Crippen MR) is 49.9 cm³/mol. The molecule has 4 nitrogen and oxygen atoms in total. The summed E-state index contributed by atoms with van der Waals surface area (Å²) in [6.45, 7) is 1.59. The Morgan fingerprint density at radius 1 is 1.62 bits per heavy atom. The van der Waals surface area contributed by atoms with E-state index in [1.165, 1.54) is 0 Å². The van der Waals surface area contributed by atoms with Gasteiger partial charge in [-0.3, -0.25) is 9.78 Å². The third-order valence-corrected chi connectivity index (χ3v) is 2.41. The van der Waals surface area contributed by atoms with Crippen molar-refractivity contribution in [3.63, 3.8) is 0 Å². The zero-order valence-corrected chi connectivity index (χ0v) is 8.06. The molecule has 0 fully saturated rings. The maximum Gasteiger partial charge on any atom is 0.256 e. The molecule has 0 atom stereocenters. The summed E-state index contributed by atoms with van der Waals surface area (Å²) in [5.74, 6) is 0. The van der Waals surface area contributed by atoms with E-state index < -0.39 is 0 Å². The van der Waals surface area contributed by atoms with E-state index in [0.717, 1.165) is 24.2 Å². The molecule has 1 aliphatic heterocycles. The highest BCUT2D eigenvalue weighted by molar-refractivity contribution is 6.28. The first-order chi connectivity index (χ1) is 6.16. The maximum atomic E-state index is 11.4. The van der Waals surface area contributed by atoms with Gasteiger partial charge in [-0.1, -0.05) is 0 Å². The van der Waals surface area contributed by atoms with Gasteiger partial charge in [-0.25, -0.2) is 4.98 Å². The van der Waals surface area contributed by atoms with Gasteiger partial charge in [-0.2, -0.15) is 0 Å². The molecule has 13 heavy (non-hydrogen) atoms. The Bertz CT molecular complexity index is 387. The average Bonchev–Trinajstić information content (AvgIpc) is 2.06. The van der Waals surface area contributed by atoms with Gasteiger partial charge in [0, 0.05) is 19.5 Å². The second-order valence-electron chi connectivity index (χ2n) is 3.27. The van der Waals surface area contributed by atoms with Crippen molar-refractivity contribution >= 4 is 11.6 Å². The van der Waals surface area contributed by atoms with Crippen molar-refractivity contribution in [2.75, 3.05) is 13.6 Å². The minimum absolute atomic E-state index is 0.110. The van der Waals surface area contributed by atoms with Gasteiger partial charge in [0.15, 0.2) is 0 Å². The van der Waals surface area contributed by atoms with Crippen molar-refractivity contribution in [2.45, 2.75) is 13.0 Å². The van der Waals surface area contributed by atoms with Gasteiger partial charge in [0.2, 0.25) is 5.28 Å². The second kappa shape index (κ2) is 3.12. The van der Waals surface area contributed by atoms with Gasteiger partial charge in [-0.05, 0) is 18.6 Å². The molecular weight excluding hydrogens is 190 g/mol. The molecule has 0 radical (unpaired) electrons. The summed E-state index contributed by atoms with van der Waals surface area (Å²) in [4.78, 5) is 20.1. The van der Waals surface area contributed by atoms with Crippen molar-refractivity contribution in [1.82, 2.24) is 14.9 Å². The van der Waals surface area contributed by atoms with Crippen LogP contribution in [0.3, 0.4) is 0 Å². The molecule has 0 unspecified atom stereocenters. The number of fused-ring (bicyclic) bond motifs is 1. The molecule has 70 valence electrons. The smallest absolute Gasteiger partial charge is 0.256 e.